The lowest BCUT2D eigenvalue weighted by Crippen LogP contribution is -2.28. The fourth-order valence-electron chi connectivity index (χ4n) is 3.47. The zero-order valence-electron chi connectivity index (χ0n) is 17.2. The van der Waals surface area contributed by atoms with Gasteiger partial charge in [-0.3, -0.25) is 4.98 Å². The number of nitrogens with zero attached hydrogens (tertiary/aromatic N) is 4. The van der Waals surface area contributed by atoms with E-state index in [-0.39, 0.29) is 22.7 Å². The van der Waals surface area contributed by atoms with E-state index in [1.165, 1.54) is 18.6 Å². The standard InChI is InChI=1S/C22H20BrF2N5O/c1-12(10-30(2)3)31-18-8-13(23)7-16-19(18)22(28-11-27-16)29-17-9-15(24)21-14(20(17)25)5-4-6-26-21/h4-9,11-12H,10H2,1-3H3,(H,27,28,29)/t12-/m1/s1. The molecule has 1 N–H and O–H groups in total. The molecule has 2 heterocycles. The first-order valence-corrected chi connectivity index (χ1v) is 10.4. The van der Waals surface area contributed by atoms with Crippen LogP contribution in [0.2, 0.25) is 0 Å². The number of ether oxygens (including phenoxy) is 1. The lowest BCUT2D eigenvalue weighted by atomic mass is 10.1. The van der Waals surface area contributed by atoms with Gasteiger partial charge in [0.15, 0.2) is 11.6 Å². The zero-order chi connectivity index (χ0) is 22.1. The Bertz CT molecular complexity index is 1270. The van der Waals surface area contributed by atoms with Gasteiger partial charge in [-0.15, -0.1) is 0 Å². The van der Waals surface area contributed by atoms with E-state index in [0.29, 0.717) is 29.0 Å². The quantitative estimate of drug-likeness (QED) is 0.398. The highest BCUT2D eigenvalue weighted by molar-refractivity contribution is 9.10. The largest absolute Gasteiger partial charge is 0.488 e. The average molecular weight is 488 g/mol. The number of fused-ring (bicyclic) bond motifs is 2. The number of likely N-dealkylation sites (N-methyl/N-ethyl adjacent to an activating group) is 1. The Balaban J connectivity index is 1.82. The van der Waals surface area contributed by atoms with Crippen LogP contribution in [0.25, 0.3) is 21.8 Å². The van der Waals surface area contributed by atoms with E-state index >= 15 is 4.39 Å². The minimum atomic E-state index is -0.628. The number of nitrogens with one attached hydrogen (secondary N) is 1. The van der Waals surface area contributed by atoms with Gasteiger partial charge >= 0.3 is 0 Å². The van der Waals surface area contributed by atoms with Gasteiger partial charge in [-0.2, -0.15) is 0 Å². The van der Waals surface area contributed by atoms with E-state index in [4.69, 9.17) is 4.74 Å². The third-order valence-electron chi connectivity index (χ3n) is 4.65. The predicted molar refractivity (Wildman–Crippen MR) is 121 cm³/mol. The molecule has 0 aliphatic rings. The number of rotatable bonds is 6. The minimum absolute atomic E-state index is 0.0245. The van der Waals surface area contributed by atoms with Crippen molar-refractivity contribution in [2.45, 2.75) is 13.0 Å². The van der Waals surface area contributed by atoms with Crippen molar-refractivity contribution >= 4 is 49.2 Å². The second-order valence-electron chi connectivity index (χ2n) is 7.46. The number of pyridine rings is 1. The van der Waals surface area contributed by atoms with Gasteiger partial charge in [0.2, 0.25) is 0 Å². The number of halogens is 3. The third-order valence-corrected chi connectivity index (χ3v) is 5.11. The topological polar surface area (TPSA) is 63.2 Å². The van der Waals surface area contributed by atoms with Crippen molar-refractivity contribution in [2.75, 3.05) is 26.0 Å². The van der Waals surface area contributed by atoms with Crippen LogP contribution in [0.3, 0.4) is 0 Å². The van der Waals surface area contributed by atoms with Gasteiger partial charge in [0, 0.05) is 28.7 Å². The van der Waals surface area contributed by atoms with Crippen LogP contribution in [0.15, 0.2) is 47.3 Å². The van der Waals surface area contributed by atoms with E-state index in [9.17, 15) is 4.39 Å². The molecule has 2 aromatic carbocycles. The molecule has 0 fully saturated rings. The Morgan fingerprint density at radius 3 is 2.74 bits per heavy atom. The normalized spacial score (nSPS) is 12.5. The Morgan fingerprint density at radius 2 is 1.97 bits per heavy atom. The van der Waals surface area contributed by atoms with Gasteiger partial charge in [-0.25, -0.2) is 18.7 Å². The summed E-state index contributed by atoms with van der Waals surface area (Å²) in [4.78, 5) is 14.5. The van der Waals surface area contributed by atoms with Crippen LogP contribution in [-0.4, -0.2) is 46.6 Å². The van der Waals surface area contributed by atoms with Crippen molar-refractivity contribution in [1.29, 1.82) is 0 Å². The van der Waals surface area contributed by atoms with Crippen molar-refractivity contribution in [3.05, 3.63) is 59.0 Å². The first kappa shape index (κ1) is 21.3. The molecule has 0 aliphatic heterocycles. The molecule has 4 rings (SSSR count). The van der Waals surface area contributed by atoms with Gasteiger partial charge in [0.1, 0.15) is 29.5 Å². The molecular formula is C22H20BrF2N5O. The Labute approximate surface area is 186 Å². The van der Waals surface area contributed by atoms with Gasteiger partial charge < -0.3 is 15.0 Å². The van der Waals surface area contributed by atoms with Crippen molar-refractivity contribution in [3.63, 3.8) is 0 Å². The molecule has 0 unspecified atom stereocenters. The first-order chi connectivity index (χ1) is 14.8. The van der Waals surface area contributed by atoms with Gasteiger partial charge in [0.25, 0.3) is 0 Å². The number of hydrogen-bond acceptors (Lipinski definition) is 6. The van der Waals surface area contributed by atoms with Crippen LogP contribution >= 0.6 is 15.9 Å². The maximum atomic E-state index is 15.1. The molecule has 0 amide bonds. The minimum Gasteiger partial charge on any atom is -0.488 e. The van der Waals surface area contributed by atoms with Crippen LogP contribution in [-0.2, 0) is 0 Å². The lowest BCUT2D eigenvalue weighted by Gasteiger charge is -2.21. The summed E-state index contributed by atoms with van der Waals surface area (Å²) in [6.45, 7) is 2.65. The summed E-state index contributed by atoms with van der Waals surface area (Å²) >= 11 is 3.48. The Hall–Kier alpha value is -2.91. The molecule has 9 heteroatoms. The summed E-state index contributed by atoms with van der Waals surface area (Å²) in [7, 11) is 3.92. The van der Waals surface area contributed by atoms with Crippen LogP contribution in [0, 0.1) is 11.6 Å². The SMILES string of the molecule is C[C@H](CN(C)C)Oc1cc(Br)cc2ncnc(Nc3cc(F)c4ncccc4c3F)c12. The van der Waals surface area contributed by atoms with Crippen LogP contribution < -0.4 is 10.1 Å². The molecular weight excluding hydrogens is 468 g/mol. The van der Waals surface area contributed by atoms with Crippen LogP contribution in [0.1, 0.15) is 6.92 Å². The highest BCUT2D eigenvalue weighted by Gasteiger charge is 2.18. The lowest BCUT2D eigenvalue weighted by molar-refractivity contribution is 0.179. The van der Waals surface area contributed by atoms with Crippen molar-refractivity contribution in [3.8, 4) is 5.75 Å². The van der Waals surface area contributed by atoms with Crippen molar-refractivity contribution < 1.29 is 13.5 Å². The number of benzene rings is 2. The molecule has 31 heavy (non-hydrogen) atoms. The molecule has 0 saturated heterocycles. The number of anilines is 2. The number of hydrogen-bond donors (Lipinski definition) is 1. The molecule has 6 nitrogen and oxygen atoms in total. The second kappa shape index (κ2) is 8.68. The fourth-order valence-corrected chi connectivity index (χ4v) is 3.90. The third kappa shape index (κ3) is 4.42. The van der Waals surface area contributed by atoms with Gasteiger partial charge in [0.05, 0.1) is 16.6 Å². The van der Waals surface area contributed by atoms with Crippen molar-refractivity contribution in [2.24, 2.45) is 0 Å². The maximum Gasteiger partial charge on any atom is 0.156 e. The molecule has 160 valence electrons. The first-order valence-electron chi connectivity index (χ1n) is 9.59. The molecule has 0 saturated carbocycles. The number of aromatic nitrogens is 3. The summed E-state index contributed by atoms with van der Waals surface area (Å²) in [5.41, 5.74) is 0.527. The fraction of sp³-hybridized carbons (Fsp3) is 0.227. The Morgan fingerprint density at radius 1 is 1.16 bits per heavy atom. The molecule has 0 bridgehead atoms. The summed E-state index contributed by atoms with van der Waals surface area (Å²) in [5, 5.41) is 3.58. The molecule has 0 radical (unpaired) electrons. The monoisotopic (exact) mass is 487 g/mol. The van der Waals surface area contributed by atoms with E-state index in [2.05, 4.69) is 36.2 Å². The molecule has 1 atom stereocenters. The molecule has 0 spiro atoms. The second-order valence-corrected chi connectivity index (χ2v) is 8.37. The average Bonchev–Trinajstić information content (AvgIpc) is 2.71. The molecule has 2 aromatic heterocycles. The van der Waals surface area contributed by atoms with E-state index in [1.54, 1.807) is 6.07 Å². The molecule has 0 aliphatic carbocycles. The highest BCUT2D eigenvalue weighted by Crippen LogP contribution is 2.36. The predicted octanol–water partition coefficient (Wildman–Crippen LogP) is 5.29. The van der Waals surface area contributed by atoms with E-state index in [1.807, 2.05) is 38.1 Å². The van der Waals surface area contributed by atoms with E-state index < -0.39 is 11.6 Å². The molecule has 4 aromatic rings. The summed E-state index contributed by atoms with van der Waals surface area (Å²) < 4.78 is 36.6. The van der Waals surface area contributed by atoms with Crippen molar-refractivity contribution in [1.82, 2.24) is 19.9 Å². The smallest absolute Gasteiger partial charge is 0.156 e. The zero-order valence-corrected chi connectivity index (χ0v) is 18.7. The highest BCUT2D eigenvalue weighted by atomic mass is 79.9. The van der Waals surface area contributed by atoms with E-state index in [0.717, 1.165) is 10.5 Å². The van der Waals surface area contributed by atoms with Crippen LogP contribution in [0.4, 0.5) is 20.3 Å². The van der Waals surface area contributed by atoms with Crippen LogP contribution in [0.5, 0.6) is 5.75 Å². The summed E-state index contributed by atoms with van der Waals surface area (Å²) in [5.74, 6) is -0.398. The summed E-state index contributed by atoms with van der Waals surface area (Å²) in [6, 6.07) is 7.74. The maximum absolute atomic E-state index is 15.1. The van der Waals surface area contributed by atoms with Gasteiger partial charge in [-0.05, 0) is 45.3 Å². The summed E-state index contributed by atoms with van der Waals surface area (Å²) in [6.07, 6.45) is 2.66. The van der Waals surface area contributed by atoms with Gasteiger partial charge in [-0.1, -0.05) is 15.9 Å². The Kier molecular flexibility index (Phi) is 5.97.